The molecule has 2 aromatic carbocycles. The van der Waals surface area contributed by atoms with Crippen LogP contribution in [0.15, 0.2) is 48.7 Å². The quantitative estimate of drug-likeness (QED) is 0.627. The molecule has 1 aromatic heterocycles. The second kappa shape index (κ2) is 7.03. The first-order valence-corrected chi connectivity index (χ1v) is 8.30. The number of nitrogens with zero attached hydrogens (tertiary/aromatic N) is 4. The Balaban J connectivity index is 2.31. The van der Waals surface area contributed by atoms with E-state index in [4.69, 9.17) is 6.57 Å². The molecule has 0 amide bonds. The molecular weight excluding hydrogens is 308 g/mol. The number of benzene rings is 2. The first-order valence-electron chi connectivity index (χ1n) is 8.30. The van der Waals surface area contributed by atoms with Gasteiger partial charge in [0.1, 0.15) is 11.9 Å². The van der Waals surface area contributed by atoms with Crippen LogP contribution in [-0.4, -0.2) is 9.55 Å². The minimum Gasteiger partial charge on any atom is -0.298 e. The zero-order chi connectivity index (χ0) is 17.8. The van der Waals surface area contributed by atoms with Gasteiger partial charge in [0.2, 0.25) is 0 Å². The molecule has 0 atom stereocenters. The summed E-state index contributed by atoms with van der Waals surface area (Å²) >= 11 is 0. The van der Waals surface area contributed by atoms with Gasteiger partial charge in [0.05, 0.1) is 12.3 Å². The summed E-state index contributed by atoms with van der Waals surface area (Å²) in [7, 11) is 0. The van der Waals surface area contributed by atoms with Crippen molar-refractivity contribution < 1.29 is 0 Å². The van der Waals surface area contributed by atoms with E-state index in [9.17, 15) is 5.26 Å². The highest BCUT2D eigenvalue weighted by atomic mass is 15.1. The van der Waals surface area contributed by atoms with Gasteiger partial charge < -0.3 is 0 Å². The van der Waals surface area contributed by atoms with Crippen molar-refractivity contribution in [2.45, 2.75) is 26.7 Å². The van der Waals surface area contributed by atoms with Crippen molar-refractivity contribution >= 4 is 5.69 Å². The molecule has 0 fully saturated rings. The Bertz CT molecular complexity index is 977. The molecule has 4 nitrogen and oxygen atoms in total. The molecule has 0 unspecified atom stereocenters. The summed E-state index contributed by atoms with van der Waals surface area (Å²) in [5.41, 5.74) is 5.28. The molecule has 1 heterocycles. The smallest absolute Gasteiger partial charge is 0.187 e. The van der Waals surface area contributed by atoms with Crippen LogP contribution >= 0.6 is 0 Å². The van der Waals surface area contributed by atoms with Gasteiger partial charge in [-0.3, -0.25) is 4.57 Å². The Morgan fingerprint density at radius 2 is 1.80 bits per heavy atom. The van der Waals surface area contributed by atoms with E-state index in [-0.39, 0.29) is 0 Å². The zero-order valence-electron chi connectivity index (χ0n) is 14.3. The van der Waals surface area contributed by atoms with Gasteiger partial charge in [-0.1, -0.05) is 50.2 Å². The summed E-state index contributed by atoms with van der Waals surface area (Å²) in [6.45, 7) is 11.5. The molecule has 0 aliphatic heterocycles. The molecule has 0 aliphatic carbocycles. The fourth-order valence-electron chi connectivity index (χ4n) is 3.05. The van der Waals surface area contributed by atoms with E-state index < -0.39 is 0 Å². The molecule has 4 heteroatoms. The molecule has 0 N–H and O–H groups in total. The maximum Gasteiger partial charge on any atom is 0.187 e. The number of aryl methyl sites for hydroxylation is 2. The summed E-state index contributed by atoms with van der Waals surface area (Å²) < 4.78 is 2.00. The zero-order valence-corrected chi connectivity index (χ0v) is 14.3. The first kappa shape index (κ1) is 16.5. The standard InChI is InChI=1S/C21H18N4/c1-4-15-8-6-9-16(5-2)20(15)25-14-19(13-22)24-21(25)17-10-7-11-18(12-17)23-3/h6-12,14H,4-5H2,1-2H3. The summed E-state index contributed by atoms with van der Waals surface area (Å²) in [6, 6.07) is 15.8. The van der Waals surface area contributed by atoms with Crippen molar-refractivity contribution in [2.75, 3.05) is 0 Å². The predicted octanol–water partition coefficient (Wildman–Crippen LogP) is 5.09. The molecule has 0 saturated carbocycles. The summed E-state index contributed by atoms with van der Waals surface area (Å²) in [5, 5.41) is 9.35. The minimum atomic E-state index is 0.371. The van der Waals surface area contributed by atoms with Crippen molar-refractivity contribution in [3.05, 3.63) is 76.9 Å². The third-order valence-electron chi connectivity index (χ3n) is 4.26. The minimum absolute atomic E-state index is 0.371. The lowest BCUT2D eigenvalue weighted by Crippen LogP contribution is -2.04. The van der Waals surface area contributed by atoms with Crippen LogP contribution in [0.3, 0.4) is 0 Å². The van der Waals surface area contributed by atoms with Crippen LogP contribution in [0.4, 0.5) is 5.69 Å². The van der Waals surface area contributed by atoms with Gasteiger partial charge >= 0.3 is 0 Å². The Morgan fingerprint density at radius 1 is 1.12 bits per heavy atom. The molecule has 3 rings (SSSR count). The van der Waals surface area contributed by atoms with Gasteiger partial charge in [0.15, 0.2) is 11.4 Å². The van der Waals surface area contributed by atoms with Gasteiger partial charge in [-0.05, 0) is 30.0 Å². The molecule has 0 aliphatic rings. The number of rotatable bonds is 4. The van der Waals surface area contributed by atoms with E-state index in [1.807, 2.05) is 22.8 Å². The van der Waals surface area contributed by atoms with Gasteiger partial charge in [-0.25, -0.2) is 9.83 Å². The van der Waals surface area contributed by atoms with Crippen LogP contribution < -0.4 is 0 Å². The Labute approximate surface area is 147 Å². The maximum absolute atomic E-state index is 9.35. The van der Waals surface area contributed by atoms with E-state index in [1.54, 1.807) is 12.3 Å². The number of nitriles is 1. The highest BCUT2D eigenvalue weighted by Gasteiger charge is 2.16. The number of imidazole rings is 1. The van der Waals surface area contributed by atoms with E-state index in [0.29, 0.717) is 17.2 Å². The number of hydrogen-bond acceptors (Lipinski definition) is 2. The molecule has 3 aromatic rings. The summed E-state index contributed by atoms with van der Waals surface area (Å²) in [4.78, 5) is 8.00. The molecule has 0 spiro atoms. The second-order valence-electron chi connectivity index (χ2n) is 5.73. The van der Waals surface area contributed by atoms with E-state index in [0.717, 1.165) is 24.1 Å². The average Bonchev–Trinajstić information content (AvgIpc) is 3.11. The van der Waals surface area contributed by atoms with Crippen LogP contribution in [0.25, 0.3) is 21.9 Å². The lowest BCUT2D eigenvalue weighted by atomic mass is 10.0. The molecule has 122 valence electrons. The topological polar surface area (TPSA) is 46.0 Å². The molecule has 0 radical (unpaired) electrons. The highest BCUT2D eigenvalue weighted by Crippen LogP contribution is 2.30. The number of hydrogen-bond donors (Lipinski definition) is 0. The van der Waals surface area contributed by atoms with Gasteiger partial charge in [-0.2, -0.15) is 5.26 Å². The summed E-state index contributed by atoms with van der Waals surface area (Å²) in [5.74, 6) is 0.692. The van der Waals surface area contributed by atoms with E-state index in [1.165, 1.54) is 11.1 Å². The Hall–Kier alpha value is -3.37. The van der Waals surface area contributed by atoms with Crippen molar-refractivity contribution in [1.82, 2.24) is 9.55 Å². The maximum atomic E-state index is 9.35. The van der Waals surface area contributed by atoms with Crippen molar-refractivity contribution in [1.29, 1.82) is 5.26 Å². The largest absolute Gasteiger partial charge is 0.298 e. The van der Waals surface area contributed by atoms with Gasteiger partial charge in [-0.15, -0.1) is 0 Å². The first-order chi connectivity index (χ1) is 12.2. The average molecular weight is 326 g/mol. The molecule has 25 heavy (non-hydrogen) atoms. The second-order valence-corrected chi connectivity index (χ2v) is 5.73. The lowest BCUT2D eigenvalue weighted by Gasteiger charge is -2.16. The number of aromatic nitrogens is 2. The monoisotopic (exact) mass is 326 g/mol. The SMILES string of the molecule is [C-]#[N+]c1cccc(-c2nc(C#N)cn2-c2c(CC)cccc2CC)c1. The van der Waals surface area contributed by atoms with Crippen LogP contribution in [0, 0.1) is 17.9 Å². The highest BCUT2D eigenvalue weighted by molar-refractivity contribution is 5.67. The molecule has 0 saturated heterocycles. The molecular formula is C21H18N4. The Morgan fingerprint density at radius 3 is 2.40 bits per heavy atom. The fourth-order valence-corrected chi connectivity index (χ4v) is 3.05. The fraction of sp³-hybridized carbons (Fsp3) is 0.190. The number of para-hydroxylation sites is 1. The van der Waals surface area contributed by atoms with Gasteiger partial charge in [0.25, 0.3) is 0 Å². The van der Waals surface area contributed by atoms with E-state index in [2.05, 4.69) is 47.9 Å². The van der Waals surface area contributed by atoms with E-state index >= 15 is 0 Å². The van der Waals surface area contributed by atoms with Crippen LogP contribution in [0.5, 0.6) is 0 Å². The van der Waals surface area contributed by atoms with Crippen LogP contribution in [-0.2, 0) is 12.8 Å². The van der Waals surface area contributed by atoms with Crippen molar-refractivity contribution in [3.8, 4) is 23.1 Å². The third-order valence-corrected chi connectivity index (χ3v) is 4.26. The predicted molar refractivity (Wildman–Crippen MR) is 98.7 cm³/mol. The lowest BCUT2D eigenvalue weighted by molar-refractivity contribution is 0.969. The van der Waals surface area contributed by atoms with Crippen LogP contribution in [0.2, 0.25) is 0 Å². The van der Waals surface area contributed by atoms with Crippen LogP contribution in [0.1, 0.15) is 30.7 Å². The molecule has 0 bridgehead atoms. The van der Waals surface area contributed by atoms with Gasteiger partial charge in [0, 0.05) is 11.8 Å². The normalized spacial score (nSPS) is 10.2. The Kier molecular flexibility index (Phi) is 4.64. The van der Waals surface area contributed by atoms with Crippen molar-refractivity contribution in [2.24, 2.45) is 0 Å². The summed E-state index contributed by atoms with van der Waals surface area (Å²) in [6.07, 6.45) is 3.57. The third kappa shape index (κ3) is 3.03. The van der Waals surface area contributed by atoms with Crippen molar-refractivity contribution in [3.63, 3.8) is 0 Å².